The second-order valence-electron chi connectivity index (χ2n) is 5.30. The van der Waals surface area contributed by atoms with E-state index in [0.717, 1.165) is 5.56 Å². The lowest BCUT2D eigenvalue weighted by Gasteiger charge is -2.25. The van der Waals surface area contributed by atoms with Crippen LogP contribution in [0.25, 0.3) is 5.82 Å². The number of aromatic nitrogens is 3. The normalized spacial score (nSPS) is 17.3. The van der Waals surface area contributed by atoms with Crippen molar-refractivity contribution in [1.82, 2.24) is 14.8 Å². The van der Waals surface area contributed by atoms with E-state index >= 15 is 0 Å². The summed E-state index contributed by atoms with van der Waals surface area (Å²) >= 11 is 0. The number of hydrogen-bond donors (Lipinski definition) is 2. The van der Waals surface area contributed by atoms with Crippen LogP contribution in [0.15, 0.2) is 36.2 Å². The molecule has 1 aliphatic heterocycles. The molecule has 2 heterocycles. The minimum Gasteiger partial charge on any atom is -0.383 e. The third-order valence-electron chi connectivity index (χ3n) is 3.67. The summed E-state index contributed by atoms with van der Waals surface area (Å²) in [7, 11) is 0. The molecule has 0 bridgehead atoms. The number of rotatable bonds is 2. The highest BCUT2D eigenvalue weighted by Crippen LogP contribution is 2.32. The van der Waals surface area contributed by atoms with E-state index in [1.165, 1.54) is 16.6 Å². The Balaban J connectivity index is 2.03. The molecule has 1 aromatic heterocycles. The fourth-order valence-electron chi connectivity index (χ4n) is 2.42. The van der Waals surface area contributed by atoms with Crippen molar-refractivity contribution in [3.63, 3.8) is 0 Å². The maximum atomic E-state index is 9.41. The molecule has 0 amide bonds. The van der Waals surface area contributed by atoms with E-state index in [2.05, 4.69) is 47.4 Å². The van der Waals surface area contributed by atoms with Crippen molar-refractivity contribution < 1.29 is 0 Å². The Morgan fingerprint density at radius 2 is 2.05 bits per heavy atom. The molecule has 0 radical (unpaired) electrons. The summed E-state index contributed by atoms with van der Waals surface area (Å²) in [5.74, 6) is 1.34. The first-order valence-electron chi connectivity index (χ1n) is 6.78. The van der Waals surface area contributed by atoms with Gasteiger partial charge in [-0.3, -0.25) is 0 Å². The molecule has 6 nitrogen and oxygen atoms in total. The number of fused-ring (bicyclic) bond motifs is 1. The van der Waals surface area contributed by atoms with Gasteiger partial charge in [0.1, 0.15) is 18.2 Å². The zero-order valence-electron chi connectivity index (χ0n) is 11.9. The van der Waals surface area contributed by atoms with Gasteiger partial charge in [-0.2, -0.15) is 20.0 Å². The van der Waals surface area contributed by atoms with Gasteiger partial charge in [-0.05, 0) is 17.0 Å². The summed E-state index contributed by atoms with van der Waals surface area (Å²) in [6.45, 7) is 4.30. The molecule has 21 heavy (non-hydrogen) atoms. The Morgan fingerprint density at radius 1 is 1.33 bits per heavy atom. The maximum absolute atomic E-state index is 9.41. The number of nitrogens with zero attached hydrogens (tertiary/aromatic N) is 4. The Labute approximate surface area is 122 Å². The van der Waals surface area contributed by atoms with Crippen LogP contribution in [0.3, 0.4) is 0 Å². The van der Waals surface area contributed by atoms with E-state index in [4.69, 9.17) is 5.73 Å². The molecule has 0 aliphatic carbocycles. The van der Waals surface area contributed by atoms with Crippen LogP contribution in [0.5, 0.6) is 0 Å². The Morgan fingerprint density at radius 3 is 2.67 bits per heavy atom. The fraction of sp³-hybridized carbons (Fsp3) is 0.267. The number of nitriles is 1. The van der Waals surface area contributed by atoms with Gasteiger partial charge in [0.25, 0.3) is 0 Å². The van der Waals surface area contributed by atoms with Gasteiger partial charge in [-0.25, -0.2) is 0 Å². The zero-order valence-corrected chi connectivity index (χ0v) is 11.9. The molecule has 1 atom stereocenters. The third kappa shape index (κ3) is 2.13. The first-order chi connectivity index (χ1) is 10.1. The van der Waals surface area contributed by atoms with Gasteiger partial charge >= 0.3 is 0 Å². The summed E-state index contributed by atoms with van der Waals surface area (Å²) in [6.07, 6.45) is 1.41. The lowest BCUT2D eigenvalue weighted by molar-refractivity contribution is 0.792. The van der Waals surface area contributed by atoms with Gasteiger partial charge in [-0.1, -0.05) is 38.1 Å². The van der Waals surface area contributed by atoms with Gasteiger partial charge < -0.3 is 11.1 Å². The van der Waals surface area contributed by atoms with Crippen molar-refractivity contribution in [1.29, 1.82) is 5.26 Å². The van der Waals surface area contributed by atoms with Crippen molar-refractivity contribution in [2.24, 2.45) is 5.73 Å². The SMILES string of the molecule is CC(C)c1ccc(C2Nc3ncnn3C(N)=C2C#N)cc1. The fourth-order valence-corrected chi connectivity index (χ4v) is 2.42. The van der Waals surface area contributed by atoms with Crippen molar-refractivity contribution in [3.05, 3.63) is 47.3 Å². The number of anilines is 1. The largest absolute Gasteiger partial charge is 0.383 e. The maximum Gasteiger partial charge on any atom is 0.228 e. The number of hydrogen-bond acceptors (Lipinski definition) is 5. The molecule has 2 aromatic rings. The van der Waals surface area contributed by atoms with E-state index in [9.17, 15) is 5.26 Å². The van der Waals surface area contributed by atoms with Crippen LogP contribution >= 0.6 is 0 Å². The molecule has 1 unspecified atom stereocenters. The van der Waals surface area contributed by atoms with E-state index < -0.39 is 0 Å². The van der Waals surface area contributed by atoms with E-state index in [0.29, 0.717) is 23.3 Å². The second-order valence-corrected chi connectivity index (χ2v) is 5.30. The van der Waals surface area contributed by atoms with Crippen LogP contribution in [0, 0.1) is 11.3 Å². The lowest BCUT2D eigenvalue weighted by atomic mass is 9.95. The topological polar surface area (TPSA) is 92.6 Å². The quantitative estimate of drug-likeness (QED) is 0.879. The highest BCUT2D eigenvalue weighted by atomic mass is 15.4. The first kappa shape index (κ1) is 13.2. The zero-order chi connectivity index (χ0) is 15.0. The van der Waals surface area contributed by atoms with E-state index in [1.54, 1.807) is 0 Å². The number of nitrogens with two attached hydrogens (primary N) is 1. The number of nitrogens with one attached hydrogen (secondary N) is 1. The molecular formula is C15H16N6. The van der Waals surface area contributed by atoms with Crippen LogP contribution in [0.2, 0.25) is 0 Å². The number of benzene rings is 1. The predicted octanol–water partition coefficient (Wildman–Crippen LogP) is 2.22. The lowest BCUT2D eigenvalue weighted by Crippen LogP contribution is -2.27. The smallest absolute Gasteiger partial charge is 0.228 e. The average molecular weight is 280 g/mol. The molecule has 0 saturated carbocycles. The van der Waals surface area contributed by atoms with Crippen LogP contribution in [0.4, 0.5) is 5.95 Å². The van der Waals surface area contributed by atoms with Crippen LogP contribution in [-0.4, -0.2) is 14.8 Å². The Hall–Kier alpha value is -2.81. The Bertz CT molecular complexity index is 732. The standard InChI is InChI=1S/C15H16N6/c1-9(2)10-3-5-11(6-4-10)13-12(7-16)14(17)21-15(20-13)18-8-19-21/h3-6,8-9,13H,17H2,1-2H3,(H,18,19,20). The van der Waals surface area contributed by atoms with Crippen molar-refractivity contribution in [3.8, 4) is 6.07 Å². The molecule has 1 aliphatic rings. The van der Waals surface area contributed by atoms with Gasteiger partial charge in [0, 0.05) is 0 Å². The van der Waals surface area contributed by atoms with Gasteiger partial charge in [-0.15, -0.1) is 0 Å². The van der Waals surface area contributed by atoms with Crippen molar-refractivity contribution in [2.45, 2.75) is 25.8 Å². The highest BCUT2D eigenvalue weighted by molar-refractivity contribution is 5.65. The molecule has 1 aromatic carbocycles. The minimum absolute atomic E-state index is 0.298. The predicted molar refractivity (Wildman–Crippen MR) is 79.9 cm³/mol. The highest BCUT2D eigenvalue weighted by Gasteiger charge is 2.28. The first-order valence-corrected chi connectivity index (χ1v) is 6.78. The second kappa shape index (κ2) is 4.94. The molecule has 0 fully saturated rings. The Kier molecular flexibility index (Phi) is 3.10. The summed E-state index contributed by atoms with van der Waals surface area (Å²) < 4.78 is 1.44. The molecule has 6 heteroatoms. The summed E-state index contributed by atoms with van der Waals surface area (Å²) in [5.41, 5.74) is 8.72. The summed E-state index contributed by atoms with van der Waals surface area (Å²) in [4.78, 5) is 4.11. The molecule has 3 rings (SSSR count). The van der Waals surface area contributed by atoms with Crippen molar-refractivity contribution >= 4 is 11.8 Å². The molecule has 0 spiro atoms. The molecule has 3 N–H and O–H groups in total. The van der Waals surface area contributed by atoms with E-state index in [1.807, 2.05) is 12.1 Å². The van der Waals surface area contributed by atoms with Gasteiger partial charge in [0.2, 0.25) is 5.95 Å². The molecular weight excluding hydrogens is 264 g/mol. The van der Waals surface area contributed by atoms with Crippen LogP contribution in [-0.2, 0) is 0 Å². The van der Waals surface area contributed by atoms with Crippen LogP contribution < -0.4 is 11.1 Å². The van der Waals surface area contributed by atoms with E-state index in [-0.39, 0.29) is 6.04 Å². The van der Waals surface area contributed by atoms with Gasteiger partial charge in [0.05, 0.1) is 11.6 Å². The summed E-state index contributed by atoms with van der Waals surface area (Å²) in [5, 5.41) is 16.6. The monoisotopic (exact) mass is 280 g/mol. The van der Waals surface area contributed by atoms with Crippen LogP contribution in [0.1, 0.15) is 36.9 Å². The van der Waals surface area contributed by atoms with Gasteiger partial charge in [0.15, 0.2) is 0 Å². The molecule has 106 valence electrons. The minimum atomic E-state index is -0.298. The third-order valence-corrected chi connectivity index (χ3v) is 3.67. The summed E-state index contributed by atoms with van der Waals surface area (Å²) in [6, 6.07) is 10.1. The average Bonchev–Trinajstić information content (AvgIpc) is 2.96. The van der Waals surface area contributed by atoms with Crippen molar-refractivity contribution in [2.75, 3.05) is 5.32 Å². The molecule has 0 saturated heterocycles.